The van der Waals surface area contributed by atoms with Gasteiger partial charge < -0.3 is 46.1 Å². The molecule has 0 radical (unpaired) electrons. The lowest BCUT2D eigenvalue weighted by Crippen LogP contribution is -2.40. The van der Waals surface area contributed by atoms with E-state index in [9.17, 15) is 25.2 Å². The van der Waals surface area contributed by atoms with Crippen molar-refractivity contribution in [1.29, 1.82) is 0 Å². The second-order valence-electron chi connectivity index (χ2n) is 8.94. The number of nitrogens with one attached hydrogen (secondary N) is 1. The van der Waals surface area contributed by atoms with Crippen LogP contribution in [0.4, 0.5) is 11.8 Å². The smallest absolute Gasteiger partial charge is 0.280 e. The first-order chi connectivity index (χ1) is 18.3. The van der Waals surface area contributed by atoms with Gasteiger partial charge in [-0.2, -0.15) is 4.98 Å². The molecule has 202 valence electrons. The van der Waals surface area contributed by atoms with Crippen molar-refractivity contribution in [1.82, 2.24) is 39.0 Å². The summed E-state index contributed by atoms with van der Waals surface area (Å²) in [5, 5.41) is 42.2. The number of nitrogens with zero attached hydrogens (tertiary/aromatic N) is 7. The van der Waals surface area contributed by atoms with Crippen LogP contribution in [0.3, 0.4) is 0 Å². The van der Waals surface area contributed by atoms with Crippen molar-refractivity contribution < 1.29 is 34.6 Å². The van der Waals surface area contributed by atoms with Gasteiger partial charge in [0.15, 0.2) is 35.1 Å². The van der Waals surface area contributed by atoms with Crippen LogP contribution in [-0.2, 0) is 14.2 Å². The van der Waals surface area contributed by atoms with Crippen molar-refractivity contribution in [2.45, 2.75) is 49.1 Å². The SMILES string of the molecule is Nc1nc2c(ncn2[C@@H]2O[C@H](CO[C@H]3[C@@H](O)[C@H](n4cnc5c(N)ncnc54)O[C@@H]3CO)[C@@H](O)[C@H]2O)c(=O)[nH]1. The highest BCUT2D eigenvalue weighted by molar-refractivity contribution is 5.81. The number of hydrogen-bond acceptors (Lipinski definition) is 15. The predicted octanol–water partition coefficient (Wildman–Crippen LogP) is -3.62. The first-order valence-corrected chi connectivity index (χ1v) is 11.5. The predicted molar refractivity (Wildman–Crippen MR) is 125 cm³/mol. The van der Waals surface area contributed by atoms with E-state index in [-0.39, 0.29) is 29.5 Å². The second kappa shape index (κ2) is 9.20. The van der Waals surface area contributed by atoms with Crippen molar-refractivity contribution >= 4 is 34.1 Å². The highest BCUT2D eigenvalue weighted by Gasteiger charge is 2.49. The summed E-state index contributed by atoms with van der Waals surface area (Å²) < 4.78 is 20.2. The largest absolute Gasteiger partial charge is 0.394 e. The Kier molecular flexibility index (Phi) is 5.94. The molecule has 0 aliphatic carbocycles. The molecule has 0 aromatic carbocycles. The second-order valence-corrected chi connectivity index (χ2v) is 8.94. The summed E-state index contributed by atoms with van der Waals surface area (Å²) in [6.07, 6.45) is -5.47. The number of ether oxygens (including phenoxy) is 3. The van der Waals surface area contributed by atoms with E-state index in [0.717, 1.165) is 0 Å². The molecule has 0 spiro atoms. The van der Waals surface area contributed by atoms with Gasteiger partial charge in [0.05, 0.1) is 25.9 Å². The lowest BCUT2D eigenvalue weighted by molar-refractivity contribution is -0.110. The molecule has 6 heterocycles. The molecule has 6 rings (SSSR count). The van der Waals surface area contributed by atoms with E-state index in [1.165, 1.54) is 28.1 Å². The van der Waals surface area contributed by atoms with Crippen LogP contribution in [0.1, 0.15) is 12.5 Å². The van der Waals surface area contributed by atoms with Crippen LogP contribution in [0.2, 0.25) is 0 Å². The van der Waals surface area contributed by atoms with Gasteiger partial charge in [0, 0.05) is 0 Å². The number of aliphatic hydroxyl groups excluding tert-OH is 4. The van der Waals surface area contributed by atoms with Gasteiger partial charge in [0.2, 0.25) is 5.95 Å². The normalized spacial score (nSPS) is 31.6. The fourth-order valence-corrected chi connectivity index (χ4v) is 4.79. The monoisotopic (exact) mass is 532 g/mol. The van der Waals surface area contributed by atoms with Gasteiger partial charge in [-0.3, -0.25) is 18.9 Å². The number of nitrogen functional groups attached to an aromatic ring is 2. The van der Waals surface area contributed by atoms with Gasteiger partial charge in [-0.15, -0.1) is 0 Å². The molecule has 38 heavy (non-hydrogen) atoms. The average molecular weight is 532 g/mol. The topological polar surface area (TPSA) is 268 Å². The van der Waals surface area contributed by atoms with Gasteiger partial charge in [-0.25, -0.2) is 19.9 Å². The summed E-state index contributed by atoms with van der Waals surface area (Å²) in [6.45, 7) is -0.768. The van der Waals surface area contributed by atoms with Crippen LogP contribution in [0.15, 0.2) is 23.8 Å². The zero-order valence-corrected chi connectivity index (χ0v) is 19.5. The van der Waals surface area contributed by atoms with Gasteiger partial charge in [0.25, 0.3) is 5.56 Å². The lowest BCUT2D eigenvalue weighted by atomic mass is 10.1. The Labute approximate surface area is 211 Å². The molecule has 18 nitrogen and oxygen atoms in total. The van der Waals surface area contributed by atoms with E-state index in [2.05, 4.69) is 29.9 Å². The maximum absolute atomic E-state index is 12.1. The highest BCUT2D eigenvalue weighted by Crippen LogP contribution is 2.35. The number of nitrogens with two attached hydrogens (primary N) is 2. The third-order valence-electron chi connectivity index (χ3n) is 6.67. The molecule has 18 heteroatoms. The summed E-state index contributed by atoms with van der Waals surface area (Å²) in [5.74, 6) is -0.00167. The number of rotatable bonds is 6. The number of aliphatic hydroxyl groups is 4. The lowest BCUT2D eigenvalue weighted by Gasteiger charge is -2.23. The quantitative estimate of drug-likeness (QED) is 0.126. The van der Waals surface area contributed by atoms with E-state index in [0.29, 0.717) is 11.2 Å². The Morgan fingerprint density at radius 1 is 0.921 bits per heavy atom. The van der Waals surface area contributed by atoms with Crippen molar-refractivity contribution in [3.05, 3.63) is 29.3 Å². The Balaban J connectivity index is 1.19. The maximum atomic E-state index is 12.1. The standard InChI is InChI=1S/C20H24N10O8/c21-14-8-15(24-3-23-14)29(4-25-8)19-12(34)13(6(1-31)37-19)36-2-7-10(32)11(33)18(38-7)30-5-26-9-16(30)27-20(22)28-17(9)35/h3-7,10-13,18-19,31-34H,1-2H2,(H2,21,23,24)(H3,22,27,28,35)/t6-,7-,10-,11-,12-,13-,18-,19-/m1/s1. The number of imidazole rings is 2. The molecule has 4 aromatic rings. The van der Waals surface area contributed by atoms with Crippen LogP contribution < -0.4 is 17.0 Å². The van der Waals surface area contributed by atoms with Gasteiger partial charge in [-0.05, 0) is 0 Å². The maximum Gasteiger partial charge on any atom is 0.280 e. The summed E-state index contributed by atoms with van der Waals surface area (Å²) >= 11 is 0. The van der Waals surface area contributed by atoms with E-state index in [4.69, 9.17) is 25.7 Å². The van der Waals surface area contributed by atoms with Crippen molar-refractivity contribution in [3.8, 4) is 0 Å². The summed E-state index contributed by atoms with van der Waals surface area (Å²) in [7, 11) is 0. The van der Waals surface area contributed by atoms with Gasteiger partial charge in [-0.1, -0.05) is 0 Å². The third kappa shape index (κ3) is 3.77. The van der Waals surface area contributed by atoms with E-state index >= 15 is 0 Å². The first kappa shape index (κ1) is 24.6. The molecule has 2 aliphatic heterocycles. The highest BCUT2D eigenvalue weighted by atomic mass is 16.6. The zero-order chi connectivity index (χ0) is 26.7. The molecule has 0 unspecified atom stereocenters. The minimum Gasteiger partial charge on any atom is -0.394 e. The van der Waals surface area contributed by atoms with Gasteiger partial charge >= 0.3 is 0 Å². The Hall–Kier alpha value is -3.78. The third-order valence-corrected chi connectivity index (χ3v) is 6.67. The van der Waals surface area contributed by atoms with Crippen molar-refractivity contribution in [2.75, 3.05) is 24.7 Å². The van der Waals surface area contributed by atoms with E-state index < -0.39 is 61.2 Å². The molecular formula is C20H24N10O8. The molecule has 0 saturated carbocycles. The summed E-state index contributed by atoms with van der Waals surface area (Å²) in [5.41, 5.74) is 11.6. The average Bonchev–Trinajstić information content (AvgIpc) is 3.64. The van der Waals surface area contributed by atoms with Crippen molar-refractivity contribution in [2.24, 2.45) is 0 Å². The fraction of sp³-hybridized carbons (Fsp3) is 0.500. The number of aromatic nitrogens is 8. The molecule has 4 aromatic heterocycles. The van der Waals surface area contributed by atoms with Crippen molar-refractivity contribution in [3.63, 3.8) is 0 Å². The molecule has 8 atom stereocenters. The minimum absolute atomic E-state index is 0.0219. The Morgan fingerprint density at radius 2 is 1.61 bits per heavy atom. The number of aromatic amines is 1. The van der Waals surface area contributed by atoms with Crippen LogP contribution in [0.25, 0.3) is 22.3 Å². The van der Waals surface area contributed by atoms with E-state index in [1.54, 1.807) is 0 Å². The summed E-state index contributed by atoms with van der Waals surface area (Å²) in [4.78, 5) is 34.6. The number of H-pyrrole nitrogens is 1. The number of anilines is 2. The molecule has 9 N–H and O–H groups in total. The van der Waals surface area contributed by atoms with Crippen LogP contribution in [0, 0.1) is 0 Å². The van der Waals surface area contributed by atoms with E-state index in [1.807, 2.05) is 0 Å². The number of fused-ring (bicyclic) bond motifs is 2. The molecule has 0 amide bonds. The van der Waals surface area contributed by atoms with Gasteiger partial charge in [0.1, 0.15) is 48.5 Å². The minimum atomic E-state index is -1.43. The molecular weight excluding hydrogens is 508 g/mol. The first-order valence-electron chi connectivity index (χ1n) is 11.5. The zero-order valence-electron chi connectivity index (χ0n) is 19.5. The fourth-order valence-electron chi connectivity index (χ4n) is 4.79. The molecule has 2 saturated heterocycles. The van der Waals surface area contributed by atoms with Crippen LogP contribution in [0.5, 0.6) is 0 Å². The molecule has 2 fully saturated rings. The number of hydrogen-bond donors (Lipinski definition) is 7. The van der Waals surface area contributed by atoms with Crippen LogP contribution in [-0.4, -0.2) is 109 Å². The Bertz CT molecular complexity index is 1540. The molecule has 2 aliphatic rings. The molecule has 0 bridgehead atoms. The summed E-state index contributed by atoms with van der Waals surface area (Å²) in [6, 6.07) is 0. The van der Waals surface area contributed by atoms with Crippen LogP contribution >= 0.6 is 0 Å². The Morgan fingerprint density at radius 3 is 2.37 bits per heavy atom.